The minimum absolute atomic E-state index is 0.0762. The molecule has 3 rings (SSSR count). The van der Waals surface area contributed by atoms with Crippen LogP contribution in [0.15, 0.2) is 60.0 Å². The fourth-order valence-corrected chi connectivity index (χ4v) is 3.73. The zero-order valence-corrected chi connectivity index (χ0v) is 17.1. The molecule has 0 aliphatic rings. The first-order valence-corrected chi connectivity index (χ1v) is 10.0. The Morgan fingerprint density at radius 1 is 1.23 bits per heavy atom. The predicted octanol–water partition coefficient (Wildman–Crippen LogP) is 5.29. The van der Waals surface area contributed by atoms with Gasteiger partial charge < -0.3 is 10.1 Å². The highest BCUT2D eigenvalue weighted by Crippen LogP contribution is 2.36. The fourth-order valence-electron chi connectivity index (χ4n) is 2.77. The maximum absolute atomic E-state index is 13.3. The van der Waals surface area contributed by atoms with E-state index < -0.39 is 22.6 Å². The van der Waals surface area contributed by atoms with Gasteiger partial charge in [0.25, 0.3) is 5.69 Å². The molecule has 31 heavy (non-hydrogen) atoms. The van der Waals surface area contributed by atoms with Gasteiger partial charge in [-0.2, -0.15) is 0 Å². The molecule has 0 saturated heterocycles. The molecule has 158 valence electrons. The molecule has 0 radical (unpaired) electrons. The minimum atomic E-state index is -0.624. The summed E-state index contributed by atoms with van der Waals surface area (Å²) in [6.07, 6.45) is 2.68. The second-order valence-electron chi connectivity index (χ2n) is 6.26. The van der Waals surface area contributed by atoms with Gasteiger partial charge in [0.1, 0.15) is 16.4 Å². The van der Waals surface area contributed by atoms with Crippen LogP contribution < -0.4 is 5.32 Å². The molecule has 0 aliphatic carbocycles. The Balaban J connectivity index is 1.88. The van der Waals surface area contributed by atoms with Crippen LogP contribution in [0.5, 0.6) is 0 Å². The number of nitro groups is 1. The molecule has 9 heteroatoms. The Labute approximate surface area is 180 Å². The van der Waals surface area contributed by atoms with Crippen LogP contribution in [0.25, 0.3) is 17.2 Å². The summed E-state index contributed by atoms with van der Waals surface area (Å²) < 4.78 is 18.4. The van der Waals surface area contributed by atoms with Crippen molar-refractivity contribution in [2.45, 2.75) is 6.92 Å². The largest absolute Gasteiger partial charge is 0.462 e. The van der Waals surface area contributed by atoms with Crippen LogP contribution in [0.1, 0.15) is 22.8 Å². The summed E-state index contributed by atoms with van der Waals surface area (Å²) in [7, 11) is 0. The first kappa shape index (κ1) is 21.8. The second kappa shape index (κ2) is 9.77. The molecule has 7 nitrogen and oxygen atoms in total. The number of halogens is 1. The molecule has 0 unspecified atom stereocenters. The van der Waals surface area contributed by atoms with E-state index in [1.165, 1.54) is 54.6 Å². The van der Waals surface area contributed by atoms with Crippen LogP contribution in [0.2, 0.25) is 0 Å². The summed E-state index contributed by atoms with van der Waals surface area (Å²) >= 11 is 1.13. The van der Waals surface area contributed by atoms with Crippen molar-refractivity contribution in [2.24, 2.45) is 0 Å². The monoisotopic (exact) mass is 440 g/mol. The van der Waals surface area contributed by atoms with E-state index in [0.717, 1.165) is 11.3 Å². The summed E-state index contributed by atoms with van der Waals surface area (Å²) in [5.41, 5.74) is 1.66. The number of thiophene rings is 1. The van der Waals surface area contributed by atoms with Crippen molar-refractivity contribution < 1.29 is 23.6 Å². The molecule has 1 aromatic heterocycles. The van der Waals surface area contributed by atoms with Crippen LogP contribution >= 0.6 is 11.3 Å². The summed E-state index contributed by atoms with van der Waals surface area (Å²) in [5.74, 6) is -1.55. The first-order chi connectivity index (χ1) is 14.9. The zero-order chi connectivity index (χ0) is 22.4. The van der Waals surface area contributed by atoms with Crippen LogP contribution in [0.4, 0.5) is 15.1 Å². The highest BCUT2D eigenvalue weighted by atomic mass is 32.1. The quantitative estimate of drug-likeness (QED) is 0.233. The van der Waals surface area contributed by atoms with E-state index in [-0.39, 0.29) is 22.9 Å². The van der Waals surface area contributed by atoms with Crippen molar-refractivity contribution in [3.05, 3.63) is 87.0 Å². The number of hydrogen-bond donors (Lipinski definition) is 1. The summed E-state index contributed by atoms with van der Waals surface area (Å²) in [6, 6.07) is 11.5. The number of amides is 1. The standard InChI is InChI=1S/C22H17FN2O5S/c1-2-30-22(27)20-18(15-7-9-17(10-8-15)25(28)29)13-31-21(20)24-19(26)11-6-14-4-3-5-16(23)12-14/h3-13H,2H2,1H3,(H,24,26)/b11-6+. The Kier molecular flexibility index (Phi) is 6.88. The van der Waals surface area contributed by atoms with Gasteiger partial charge in [0.05, 0.1) is 11.5 Å². The van der Waals surface area contributed by atoms with E-state index in [0.29, 0.717) is 16.7 Å². The van der Waals surface area contributed by atoms with Crippen LogP contribution in [-0.2, 0) is 9.53 Å². The molecule has 3 aromatic rings. The lowest BCUT2D eigenvalue weighted by molar-refractivity contribution is -0.384. The lowest BCUT2D eigenvalue weighted by Gasteiger charge is -2.08. The number of anilines is 1. The van der Waals surface area contributed by atoms with E-state index in [4.69, 9.17) is 4.74 Å². The molecule has 1 N–H and O–H groups in total. The third kappa shape index (κ3) is 5.40. The van der Waals surface area contributed by atoms with Gasteiger partial charge in [-0.25, -0.2) is 9.18 Å². The molecule has 0 bridgehead atoms. The molecule has 0 saturated carbocycles. The van der Waals surface area contributed by atoms with Crippen molar-refractivity contribution in [3.63, 3.8) is 0 Å². The smallest absolute Gasteiger partial charge is 0.341 e. The van der Waals surface area contributed by atoms with Gasteiger partial charge in [-0.15, -0.1) is 11.3 Å². The number of nitrogens with one attached hydrogen (secondary N) is 1. The zero-order valence-electron chi connectivity index (χ0n) is 16.3. The number of carbonyl (C=O) groups excluding carboxylic acids is 2. The van der Waals surface area contributed by atoms with E-state index in [1.807, 2.05) is 0 Å². The highest BCUT2D eigenvalue weighted by molar-refractivity contribution is 7.15. The summed E-state index contributed by atoms with van der Waals surface area (Å²) in [6.45, 7) is 1.80. The number of benzene rings is 2. The molecule has 0 fully saturated rings. The molecule has 1 amide bonds. The molecular formula is C22H17FN2O5S. The Morgan fingerprint density at radius 2 is 1.97 bits per heavy atom. The van der Waals surface area contributed by atoms with Crippen LogP contribution in [-0.4, -0.2) is 23.4 Å². The molecule has 0 aliphatic heterocycles. The maximum Gasteiger partial charge on any atom is 0.341 e. The number of ether oxygens (including phenoxy) is 1. The molecule has 0 atom stereocenters. The van der Waals surface area contributed by atoms with Crippen molar-refractivity contribution in [3.8, 4) is 11.1 Å². The third-order valence-electron chi connectivity index (χ3n) is 4.17. The van der Waals surface area contributed by atoms with Gasteiger partial charge in [0.15, 0.2) is 0 Å². The number of carbonyl (C=O) groups is 2. The Morgan fingerprint density at radius 3 is 2.61 bits per heavy atom. The number of nitrogens with zero attached hydrogens (tertiary/aromatic N) is 1. The van der Waals surface area contributed by atoms with E-state index >= 15 is 0 Å². The molecular weight excluding hydrogens is 423 g/mol. The highest BCUT2D eigenvalue weighted by Gasteiger charge is 2.22. The van der Waals surface area contributed by atoms with Gasteiger partial charge in [-0.05, 0) is 48.4 Å². The van der Waals surface area contributed by atoms with Gasteiger partial charge >= 0.3 is 5.97 Å². The Bertz CT molecular complexity index is 1150. The number of hydrogen-bond acceptors (Lipinski definition) is 6. The van der Waals surface area contributed by atoms with E-state index in [9.17, 15) is 24.1 Å². The molecule has 0 spiro atoms. The number of nitro benzene ring substituents is 1. The summed E-state index contributed by atoms with van der Waals surface area (Å²) in [4.78, 5) is 35.3. The average molecular weight is 440 g/mol. The van der Waals surface area contributed by atoms with Gasteiger partial charge in [-0.3, -0.25) is 14.9 Å². The number of rotatable bonds is 7. The number of esters is 1. The van der Waals surface area contributed by atoms with Gasteiger partial charge in [-0.1, -0.05) is 12.1 Å². The van der Waals surface area contributed by atoms with Gasteiger partial charge in [0, 0.05) is 29.2 Å². The second-order valence-corrected chi connectivity index (χ2v) is 7.14. The van der Waals surface area contributed by atoms with Gasteiger partial charge in [0.2, 0.25) is 5.91 Å². The SMILES string of the molecule is CCOC(=O)c1c(-c2ccc([N+](=O)[O-])cc2)csc1NC(=O)/C=C/c1cccc(F)c1. The Hall–Kier alpha value is -3.85. The number of non-ortho nitro benzene ring substituents is 1. The van der Waals surface area contributed by atoms with Crippen molar-refractivity contribution in [1.29, 1.82) is 0 Å². The van der Waals surface area contributed by atoms with E-state index in [1.54, 1.807) is 18.4 Å². The van der Waals surface area contributed by atoms with Crippen molar-refractivity contribution in [1.82, 2.24) is 0 Å². The van der Waals surface area contributed by atoms with Crippen LogP contribution in [0, 0.1) is 15.9 Å². The normalized spacial score (nSPS) is 10.8. The topological polar surface area (TPSA) is 98.5 Å². The van der Waals surface area contributed by atoms with Crippen molar-refractivity contribution >= 4 is 40.0 Å². The fraction of sp³-hybridized carbons (Fsp3) is 0.0909. The maximum atomic E-state index is 13.3. The third-order valence-corrected chi connectivity index (χ3v) is 5.07. The molecule has 2 aromatic carbocycles. The van der Waals surface area contributed by atoms with Crippen LogP contribution in [0.3, 0.4) is 0 Å². The van der Waals surface area contributed by atoms with E-state index in [2.05, 4.69) is 5.32 Å². The average Bonchev–Trinajstić information content (AvgIpc) is 3.16. The molecule has 1 heterocycles. The lowest BCUT2D eigenvalue weighted by atomic mass is 10.0. The summed E-state index contributed by atoms with van der Waals surface area (Å²) in [5, 5.41) is 15.5. The van der Waals surface area contributed by atoms with Crippen molar-refractivity contribution in [2.75, 3.05) is 11.9 Å². The minimum Gasteiger partial charge on any atom is -0.462 e. The predicted molar refractivity (Wildman–Crippen MR) is 116 cm³/mol. The first-order valence-electron chi connectivity index (χ1n) is 9.17. The lowest BCUT2D eigenvalue weighted by Crippen LogP contribution is -2.12.